The van der Waals surface area contributed by atoms with Crippen molar-refractivity contribution in [2.45, 2.75) is 38.3 Å². The van der Waals surface area contributed by atoms with Gasteiger partial charge in [-0.2, -0.15) is 4.57 Å². The summed E-state index contributed by atoms with van der Waals surface area (Å²) in [6.45, 7) is 5.67. The molecule has 0 saturated carbocycles. The molecule has 1 unspecified atom stereocenters. The molecule has 0 aliphatic carbocycles. The van der Waals surface area contributed by atoms with Gasteiger partial charge in [-0.25, -0.2) is 0 Å². The SMILES string of the molecule is CN(C)CCNC(=O)CCN1CCCc2cc(C=Cc3cc[n+](CCCNCC(O)COc4cccc5ccccc45)c4ccccc34)ccc21. The summed E-state index contributed by atoms with van der Waals surface area (Å²) in [6, 6.07) is 31.6. The fourth-order valence-corrected chi connectivity index (χ4v) is 6.82. The Kier molecular flexibility index (Phi) is 12.7. The van der Waals surface area contributed by atoms with Crippen molar-refractivity contribution in [1.82, 2.24) is 15.5 Å². The lowest BCUT2D eigenvalue weighted by Crippen LogP contribution is -2.37. The van der Waals surface area contributed by atoms with Crippen LogP contribution in [0.2, 0.25) is 0 Å². The van der Waals surface area contributed by atoms with E-state index in [4.69, 9.17) is 4.74 Å². The van der Waals surface area contributed by atoms with Crippen LogP contribution in [0.4, 0.5) is 5.69 Å². The summed E-state index contributed by atoms with van der Waals surface area (Å²) in [7, 11) is 4.03. The molecule has 3 N–H and O–H groups in total. The molecule has 51 heavy (non-hydrogen) atoms. The molecular formula is C43H52N5O3+. The fourth-order valence-electron chi connectivity index (χ4n) is 6.82. The average Bonchev–Trinajstić information content (AvgIpc) is 3.15. The minimum Gasteiger partial charge on any atom is -0.490 e. The minimum absolute atomic E-state index is 0.117. The van der Waals surface area contributed by atoms with Gasteiger partial charge in [-0.15, -0.1) is 0 Å². The van der Waals surface area contributed by atoms with Crippen molar-refractivity contribution in [3.63, 3.8) is 0 Å². The van der Waals surface area contributed by atoms with Gasteiger partial charge in [-0.05, 0) is 73.3 Å². The average molecular weight is 687 g/mol. The second-order valence-electron chi connectivity index (χ2n) is 13.7. The summed E-state index contributed by atoms with van der Waals surface area (Å²) in [5, 5.41) is 20.4. The number of aromatic nitrogens is 1. The molecule has 1 amide bonds. The van der Waals surface area contributed by atoms with Crippen LogP contribution in [-0.4, -0.2) is 82.0 Å². The predicted octanol–water partition coefficient (Wildman–Crippen LogP) is 5.69. The monoisotopic (exact) mass is 686 g/mol. The second kappa shape index (κ2) is 17.9. The highest BCUT2D eigenvalue weighted by molar-refractivity contribution is 5.89. The summed E-state index contributed by atoms with van der Waals surface area (Å²) in [5.74, 6) is 0.916. The maximum Gasteiger partial charge on any atom is 0.221 e. The Balaban J connectivity index is 0.993. The molecular weight excluding hydrogens is 635 g/mol. The Morgan fingerprint density at radius 3 is 2.69 bits per heavy atom. The molecule has 8 nitrogen and oxygen atoms in total. The molecule has 5 aromatic rings. The van der Waals surface area contributed by atoms with Gasteiger partial charge in [-0.3, -0.25) is 4.79 Å². The molecule has 2 heterocycles. The summed E-state index contributed by atoms with van der Waals surface area (Å²) >= 11 is 0. The van der Waals surface area contributed by atoms with Crippen LogP contribution in [0.5, 0.6) is 5.75 Å². The molecule has 6 rings (SSSR count). The van der Waals surface area contributed by atoms with Gasteiger partial charge in [0.2, 0.25) is 11.4 Å². The number of carbonyl (C=O) groups is 1. The summed E-state index contributed by atoms with van der Waals surface area (Å²) < 4.78 is 8.27. The van der Waals surface area contributed by atoms with E-state index in [2.05, 4.69) is 104 Å². The highest BCUT2D eigenvalue weighted by atomic mass is 16.5. The van der Waals surface area contributed by atoms with Crippen LogP contribution in [0, 0.1) is 0 Å². The Labute approximate surface area is 302 Å². The van der Waals surface area contributed by atoms with Crippen molar-refractivity contribution < 1.29 is 19.2 Å². The number of aliphatic hydroxyl groups is 1. The number of hydrogen-bond donors (Lipinski definition) is 3. The van der Waals surface area contributed by atoms with Crippen molar-refractivity contribution in [2.24, 2.45) is 0 Å². The van der Waals surface area contributed by atoms with Gasteiger partial charge in [0.1, 0.15) is 25.0 Å². The third-order valence-corrected chi connectivity index (χ3v) is 9.54. The number of rotatable bonds is 17. The maximum absolute atomic E-state index is 12.4. The summed E-state index contributed by atoms with van der Waals surface area (Å²) in [6.07, 6.45) is 9.63. The van der Waals surface area contributed by atoms with Gasteiger partial charge in [0.15, 0.2) is 6.20 Å². The van der Waals surface area contributed by atoms with E-state index in [1.165, 1.54) is 33.3 Å². The van der Waals surface area contributed by atoms with E-state index in [1.54, 1.807) is 0 Å². The third kappa shape index (κ3) is 9.94. The van der Waals surface area contributed by atoms with Crippen molar-refractivity contribution >= 4 is 45.4 Å². The summed E-state index contributed by atoms with van der Waals surface area (Å²) in [5.41, 5.74) is 6.19. The zero-order chi connectivity index (χ0) is 35.4. The zero-order valence-corrected chi connectivity index (χ0v) is 30.1. The van der Waals surface area contributed by atoms with Crippen LogP contribution in [0.3, 0.4) is 0 Å². The minimum atomic E-state index is -0.589. The van der Waals surface area contributed by atoms with E-state index >= 15 is 0 Å². The number of hydrogen-bond acceptors (Lipinski definition) is 6. The highest BCUT2D eigenvalue weighted by Crippen LogP contribution is 2.29. The van der Waals surface area contributed by atoms with Crippen molar-refractivity contribution in [3.8, 4) is 5.75 Å². The number of fused-ring (bicyclic) bond motifs is 3. The van der Waals surface area contributed by atoms with Gasteiger partial charge in [0, 0.05) is 75.3 Å². The summed E-state index contributed by atoms with van der Waals surface area (Å²) in [4.78, 5) is 16.8. The Hall–Kier alpha value is -4.76. The smallest absolute Gasteiger partial charge is 0.221 e. The molecule has 0 bridgehead atoms. The van der Waals surface area contributed by atoms with E-state index in [1.807, 2.05) is 44.4 Å². The molecule has 1 aromatic heterocycles. The Morgan fingerprint density at radius 1 is 0.980 bits per heavy atom. The van der Waals surface area contributed by atoms with Gasteiger partial charge in [0.25, 0.3) is 0 Å². The molecule has 1 aliphatic rings. The van der Waals surface area contributed by atoms with Crippen molar-refractivity contribution in [1.29, 1.82) is 0 Å². The normalized spacial score (nSPS) is 13.6. The molecule has 266 valence electrons. The number of aliphatic hydroxyl groups excluding tert-OH is 1. The largest absolute Gasteiger partial charge is 0.490 e. The van der Waals surface area contributed by atoms with E-state index in [0.717, 1.165) is 68.5 Å². The van der Waals surface area contributed by atoms with E-state index in [9.17, 15) is 9.90 Å². The quantitative estimate of drug-likeness (QED) is 0.0862. The second-order valence-corrected chi connectivity index (χ2v) is 13.7. The number of ether oxygens (including phenoxy) is 1. The van der Waals surface area contributed by atoms with E-state index in [0.29, 0.717) is 19.5 Å². The van der Waals surface area contributed by atoms with Gasteiger partial charge in [-0.1, -0.05) is 66.7 Å². The molecule has 1 aliphatic heterocycles. The Morgan fingerprint density at radius 2 is 1.80 bits per heavy atom. The lowest BCUT2D eigenvalue weighted by atomic mass is 9.98. The number of pyridine rings is 1. The number of nitrogens with zero attached hydrogens (tertiary/aromatic N) is 3. The highest BCUT2D eigenvalue weighted by Gasteiger charge is 2.18. The Bertz CT molecular complexity index is 1940. The number of likely N-dealkylation sites (N-methyl/N-ethyl adjacent to an activating group) is 1. The van der Waals surface area contributed by atoms with Crippen LogP contribution in [0.25, 0.3) is 33.8 Å². The number of carbonyl (C=O) groups excluding carboxylic acids is 1. The first-order chi connectivity index (χ1) is 24.9. The van der Waals surface area contributed by atoms with Crippen LogP contribution in [0.15, 0.2) is 97.2 Å². The number of nitrogens with one attached hydrogen (secondary N) is 2. The lowest BCUT2D eigenvalue weighted by Gasteiger charge is -2.31. The lowest BCUT2D eigenvalue weighted by molar-refractivity contribution is -0.671. The molecule has 0 fully saturated rings. The predicted molar refractivity (Wildman–Crippen MR) is 209 cm³/mol. The molecule has 0 saturated heterocycles. The molecule has 8 heteroatoms. The van der Waals surface area contributed by atoms with Crippen molar-refractivity contribution in [3.05, 3.63) is 114 Å². The number of benzene rings is 4. The van der Waals surface area contributed by atoms with Gasteiger partial charge in [0.05, 0.1) is 5.39 Å². The third-order valence-electron chi connectivity index (χ3n) is 9.54. The first-order valence-corrected chi connectivity index (χ1v) is 18.3. The van der Waals surface area contributed by atoms with E-state index in [-0.39, 0.29) is 12.5 Å². The standard InChI is InChI=1S/C43H51N5O3/c1-46(2)29-24-45-43(50)22-28-47-25-8-12-36-30-33(18-20-40(36)47)17-19-35-21-27-48(41-15-6-5-13-38(35)41)26-9-23-44-31-37(49)32-51-42-16-7-11-34-10-3-4-14-39(34)42/h3-7,10-11,13-21,27,30,37,44,49H,8-9,12,22-26,28-29,31-32H2,1-2H3/p+1. The number of para-hydroxylation sites is 1. The van der Waals surface area contributed by atoms with Gasteiger partial charge >= 0.3 is 0 Å². The van der Waals surface area contributed by atoms with Gasteiger partial charge < -0.3 is 30.3 Å². The topological polar surface area (TPSA) is 81.0 Å². The molecule has 1 atom stereocenters. The fraction of sp³-hybridized carbons (Fsp3) is 0.349. The van der Waals surface area contributed by atoms with Crippen LogP contribution < -0.4 is 24.8 Å². The number of aryl methyl sites for hydroxylation is 2. The van der Waals surface area contributed by atoms with Crippen LogP contribution in [0.1, 0.15) is 36.0 Å². The molecule has 0 radical (unpaired) electrons. The molecule has 4 aromatic carbocycles. The maximum atomic E-state index is 12.4. The van der Waals surface area contributed by atoms with Crippen LogP contribution >= 0.6 is 0 Å². The first kappa shape index (κ1) is 36.0. The van der Waals surface area contributed by atoms with E-state index < -0.39 is 6.10 Å². The molecule has 0 spiro atoms. The number of anilines is 1. The van der Waals surface area contributed by atoms with Crippen LogP contribution in [-0.2, 0) is 17.8 Å². The zero-order valence-electron chi connectivity index (χ0n) is 30.1. The number of amides is 1. The van der Waals surface area contributed by atoms with Crippen molar-refractivity contribution in [2.75, 3.05) is 64.9 Å². The first-order valence-electron chi connectivity index (χ1n) is 18.3.